The molecule has 46 heavy (non-hydrogen) atoms. The van der Waals surface area contributed by atoms with E-state index in [4.69, 9.17) is 20.4 Å². The van der Waals surface area contributed by atoms with Gasteiger partial charge in [0.05, 0.1) is 36.3 Å². The summed E-state index contributed by atoms with van der Waals surface area (Å²) in [5.41, 5.74) is 10.8. The Balaban J connectivity index is 1.20. The first-order valence-corrected chi connectivity index (χ1v) is 16.7. The Bertz CT molecular complexity index is 1670. The van der Waals surface area contributed by atoms with Crippen molar-refractivity contribution in [3.05, 3.63) is 65.9 Å². The topological polar surface area (TPSA) is 115 Å². The molecule has 1 aromatic heterocycles. The summed E-state index contributed by atoms with van der Waals surface area (Å²) in [4.78, 5) is 31.8. The summed E-state index contributed by atoms with van der Waals surface area (Å²) >= 11 is 0. The summed E-state index contributed by atoms with van der Waals surface area (Å²) in [6.07, 6.45) is 6.66. The molecule has 4 heterocycles. The molecule has 10 nitrogen and oxygen atoms in total. The highest BCUT2D eigenvalue weighted by atomic mass is 16.5. The van der Waals surface area contributed by atoms with E-state index in [1.165, 1.54) is 28.1 Å². The third-order valence-electron chi connectivity index (χ3n) is 10.5. The standard InChI is InChI=1S/C36H44N8O2/c1-3-32(45)44-21-20-42(22-28(44)10-16-37)34-29-13-17-41(31-9-5-8-26-7-4-6-25(2)33(26)31)23-30(29)39-35(40-34)46-24-36(14-15-36)43-18-11-27(38)12-19-43/h3-9,27-28H,1,10-15,17-24,38H2,2H3/t28-/m0/s1. The van der Waals surface area contributed by atoms with E-state index in [0.717, 1.165) is 68.8 Å². The maximum Gasteiger partial charge on any atom is 0.318 e. The monoisotopic (exact) mass is 620 g/mol. The van der Waals surface area contributed by atoms with Crippen LogP contribution in [-0.2, 0) is 17.8 Å². The molecule has 0 radical (unpaired) electrons. The second-order valence-electron chi connectivity index (χ2n) is 13.4. The Morgan fingerprint density at radius 1 is 1.11 bits per heavy atom. The van der Waals surface area contributed by atoms with Gasteiger partial charge in [-0.2, -0.15) is 15.2 Å². The number of anilines is 2. The van der Waals surface area contributed by atoms with E-state index in [1.54, 1.807) is 4.90 Å². The summed E-state index contributed by atoms with van der Waals surface area (Å²) in [5.74, 6) is 0.735. The van der Waals surface area contributed by atoms with E-state index in [-0.39, 0.29) is 23.9 Å². The highest BCUT2D eigenvalue weighted by molar-refractivity contribution is 5.97. The lowest BCUT2D eigenvalue weighted by Gasteiger charge is -2.42. The third kappa shape index (κ3) is 5.78. The molecule has 1 amide bonds. The first-order chi connectivity index (χ1) is 22.4. The third-order valence-corrected chi connectivity index (χ3v) is 10.5. The van der Waals surface area contributed by atoms with Crippen LogP contribution in [0.3, 0.4) is 0 Å². The van der Waals surface area contributed by atoms with Gasteiger partial charge in [-0.1, -0.05) is 36.9 Å². The average Bonchev–Trinajstić information content (AvgIpc) is 3.88. The van der Waals surface area contributed by atoms with Crippen molar-refractivity contribution in [1.82, 2.24) is 19.8 Å². The number of nitrogens with two attached hydrogens (primary N) is 1. The molecule has 1 atom stereocenters. The predicted molar refractivity (Wildman–Crippen MR) is 180 cm³/mol. The van der Waals surface area contributed by atoms with Gasteiger partial charge in [-0.15, -0.1) is 0 Å². The van der Waals surface area contributed by atoms with Crippen LogP contribution in [0, 0.1) is 18.3 Å². The molecule has 1 saturated carbocycles. The van der Waals surface area contributed by atoms with Crippen LogP contribution in [0.4, 0.5) is 11.5 Å². The van der Waals surface area contributed by atoms with E-state index < -0.39 is 0 Å². The number of aromatic nitrogens is 2. The molecule has 10 heteroatoms. The molecular weight excluding hydrogens is 576 g/mol. The largest absolute Gasteiger partial charge is 0.461 e. The molecule has 0 unspecified atom stereocenters. The maximum atomic E-state index is 12.6. The van der Waals surface area contributed by atoms with Gasteiger partial charge in [-0.25, -0.2) is 0 Å². The Morgan fingerprint density at radius 3 is 2.63 bits per heavy atom. The number of hydrogen-bond acceptors (Lipinski definition) is 9. The van der Waals surface area contributed by atoms with Crippen LogP contribution in [0.25, 0.3) is 10.8 Å². The lowest BCUT2D eigenvalue weighted by atomic mass is 9.99. The normalized spacial score (nSPS) is 21.5. The van der Waals surface area contributed by atoms with Gasteiger partial charge in [0.1, 0.15) is 12.4 Å². The van der Waals surface area contributed by atoms with Crippen LogP contribution >= 0.6 is 0 Å². The molecule has 3 fully saturated rings. The van der Waals surface area contributed by atoms with Crippen molar-refractivity contribution >= 4 is 28.2 Å². The van der Waals surface area contributed by atoms with E-state index in [1.807, 2.05) is 0 Å². The molecule has 0 spiro atoms. The fourth-order valence-corrected chi connectivity index (χ4v) is 7.69. The minimum absolute atomic E-state index is 0.0423. The van der Waals surface area contributed by atoms with Gasteiger partial charge in [0, 0.05) is 61.9 Å². The number of aryl methyl sites for hydroxylation is 1. The average molecular weight is 621 g/mol. The summed E-state index contributed by atoms with van der Waals surface area (Å²) in [7, 11) is 0. The molecule has 1 aliphatic carbocycles. The van der Waals surface area contributed by atoms with E-state index in [2.05, 4.69) is 70.7 Å². The number of hydrogen-bond donors (Lipinski definition) is 1. The molecule has 240 valence electrons. The van der Waals surface area contributed by atoms with Crippen LogP contribution in [0.1, 0.15) is 48.9 Å². The van der Waals surface area contributed by atoms with Crippen molar-refractivity contribution in [1.29, 1.82) is 5.26 Å². The molecule has 7 rings (SSSR count). The van der Waals surface area contributed by atoms with E-state index in [0.29, 0.717) is 44.8 Å². The van der Waals surface area contributed by atoms with Crippen molar-refractivity contribution in [3.8, 4) is 12.1 Å². The summed E-state index contributed by atoms with van der Waals surface area (Å²) in [6.45, 7) is 11.6. The SMILES string of the molecule is C=CC(=O)N1CCN(c2nc(OCC3(N4CCC(N)CC4)CC3)nc3c2CCN(c2cccc4cccc(C)c24)C3)C[C@@H]1CC#N. The number of fused-ring (bicyclic) bond motifs is 2. The number of carbonyl (C=O) groups excluding carboxylic acids is 1. The van der Waals surface area contributed by atoms with Gasteiger partial charge in [0.15, 0.2) is 0 Å². The Hall–Kier alpha value is -4.20. The number of nitrogens with zero attached hydrogens (tertiary/aromatic N) is 7. The quantitative estimate of drug-likeness (QED) is 0.374. The van der Waals surface area contributed by atoms with Crippen LogP contribution in [0.15, 0.2) is 49.1 Å². The fourth-order valence-electron chi connectivity index (χ4n) is 7.69. The number of likely N-dealkylation sites (tertiary alicyclic amines) is 1. The molecule has 3 aliphatic heterocycles. The molecular formula is C36H44N8O2. The number of benzene rings is 2. The number of piperazine rings is 1. The van der Waals surface area contributed by atoms with Gasteiger partial charge >= 0.3 is 6.01 Å². The number of carbonyl (C=O) groups is 1. The lowest BCUT2D eigenvalue weighted by molar-refractivity contribution is -0.128. The predicted octanol–water partition coefficient (Wildman–Crippen LogP) is 3.95. The summed E-state index contributed by atoms with van der Waals surface area (Å²) in [6, 6.07) is 15.7. The summed E-state index contributed by atoms with van der Waals surface area (Å²) < 4.78 is 6.52. The minimum Gasteiger partial charge on any atom is -0.461 e. The van der Waals surface area contributed by atoms with Gasteiger partial charge in [0.2, 0.25) is 5.91 Å². The number of amides is 1. The second kappa shape index (κ2) is 12.5. The molecule has 2 saturated heterocycles. The first kappa shape index (κ1) is 30.5. The molecule has 2 aromatic carbocycles. The van der Waals surface area contributed by atoms with Crippen molar-refractivity contribution < 1.29 is 9.53 Å². The second-order valence-corrected chi connectivity index (χ2v) is 13.4. The zero-order chi connectivity index (χ0) is 31.8. The van der Waals surface area contributed by atoms with Crippen LogP contribution < -0.4 is 20.3 Å². The Morgan fingerprint density at radius 2 is 1.89 bits per heavy atom. The van der Waals surface area contributed by atoms with Crippen molar-refractivity contribution in [2.45, 2.75) is 69.6 Å². The molecule has 3 aromatic rings. The van der Waals surface area contributed by atoms with Crippen LogP contribution in [0.5, 0.6) is 6.01 Å². The minimum atomic E-state index is -0.238. The van der Waals surface area contributed by atoms with E-state index in [9.17, 15) is 10.1 Å². The first-order valence-electron chi connectivity index (χ1n) is 16.7. The Labute approximate surface area is 271 Å². The Kier molecular flexibility index (Phi) is 8.30. The van der Waals surface area contributed by atoms with Crippen LogP contribution in [0.2, 0.25) is 0 Å². The maximum absolute atomic E-state index is 12.6. The highest BCUT2D eigenvalue weighted by Crippen LogP contribution is 2.43. The van der Waals surface area contributed by atoms with Gasteiger partial charge in [-0.3, -0.25) is 9.69 Å². The van der Waals surface area contributed by atoms with E-state index >= 15 is 0 Å². The summed E-state index contributed by atoms with van der Waals surface area (Å²) in [5, 5.41) is 12.1. The van der Waals surface area contributed by atoms with Crippen LogP contribution in [-0.4, -0.2) is 89.2 Å². The van der Waals surface area contributed by atoms with Gasteiger partial charge < -0.3 is 25.2 Å². The smallest absolute Gasteiger partial charge is 0.318 e. The van der Waals surface area contributed by atoms with Gasteiger partial charge in [-0.05, 0) is 62.1 Å². The number of ether oxygens (including phenoxy) is 1. The van der Waals surface area contributed by atoms with Crippen molar-refractivity contribution in [3.63, 3.8) is 0 Å². The van der Waals surface area contributed by atoms with Gasteiger partial charge in [0.25, 0.3) is 0 Å². The van der Waals surface area contributed by atoms with Crippen molar-refractivity contribution in [2.75, 3.05) is 55.7 Å². The fraction of sp³-hybridized carbons (Fsp3) is 0.500. The number of rotatable bonds is 8. The lowest BCUT2D eigenvalue weighted by Crippen LogP contribution is -2.55. The molecule has 0 bridgehead atoms. The van der Waals surface area contributed by atoms with Crippen molar-refractivity contribution in [2.24, 2.45) is 5.73 Å². The number of nitriles is 1. The highest BCUT2D eigenvalue weighted by Gasteiger charge is 2.49. The molecule has 2 N–H and O–H groups in total. The zero-order valence-electron chi connectivity index (χ0n) is 26.8. The zero-order valence-corrected chi connectivity index (χ0v) is 26.8. The number of piperidine rings is 1. The molecule has 4 aliphatic rings.